The lowest BCUT2D eigenvalue weighted by Gasteiger charge is -2.28. The molecule has 1 unspecified atom stereocenters. The SMILES string of the molecule is CCOc1cc(C2C(C(=O)OC(C)C)=C(C)Nc3nnnn32)cc(Br)c1OCc1ccccc1F. The van der Waals surface area contributed by atoms with Crippen LogP contribution in [0.15, 0.2) is 52.1 Å². The van der Waals surface area contributed by atoms with E-state index in [1.165, 1.54) is 10.7 Å². The number of hydrogen-bond acceptors (Lipinski definition) is 8. The number of allylic oxidation sites excluding steroid dienone is 1. The number of tetrazole rings is 1. The fraction of sp³-hybridized carbons (Fsp3) is 0.333. The number of nitrogens with one attached hydrogen (secondary N) is 1. The monoisotopic (exact) mass is 545 g/mol. The standard InChI is InChI=1S/C24H25BrFN5O4/c1-5-33-19-11-16(10-17(25)22(19)34-12-15-8-6-7-9-18(15)26)21-20(23(32)35-13(2)3)14(4)27-24-28-29-30-31(21)24/h6-11,13,21H,5,12H2,1-4H3,(H,27,28,30). The third-order valence-electron chi connectivity index (χ3n) is 5.25. The molecule has 184 valence electrons. The van der Waals surface area contributed by atoms with E-state index in [1.807, 2.05) is 6.92 Å². The van der Waals surface area contributed by atoms with Crippen LogP contribution < -0.4 is 14.8 Å². The number of fused-ring (bicyclic) bond motifs is 1. The highest BCUT2D eigenvalue weighted by atomic mass is 79.9. The van der Waals surface area contributed by atoms with Crippen LogP contribution in [0.3, 0.4) is 0 Å². The Morgan fingerprint density at radius 3 is 2.74 bits per heavy atom. The van der Waals surface area contributed by atoms with Crippen molar-refractivity contribution in [3.63, 3.8) is 0 Å². The van der Waals surface area contributed by atoms with Crippen molar-refractivity contribution in [3.8, 4) is 11.5 Å². The third kappa shape index (κ3) is 5.14. The summed E-state index contributed by atoms with van der Waals surface area (Å²) in [6, 6.07) is 9.30. The molecule has 3 aromatic rings. The first-order valence-corrected chi connectivity index (χ1v) is 11.9. The second-order valence-corrected chi connectivity index (χ2v) is 8.96. The number of nitrogens with zero attached hydrogens (tertiary/aromatic N) is 4. The maximum absolute atomic E-state index is 14.1. The Hall–Kier alpha value is -3.47. The van der Waals surface area contributed by atoms with E-state index in [1.54, 1.807) is 51.1 Å². The van der Waals surface area contributed by atoms with Gasteiger partial charge in [0.25, 0.3) is 0 Å². The molecular weight excluding hydrogens is 521 g/mol. The molecular formula is C24H25BrFN5O4. The maximum Gasteiger partial charge on any atom is 0.338 e. The Kier molecular flexibility index (Phi) is 7.34. The van der Waals surface area contributed by atoms with Gasteiger partial charge < -0.3 is 19.5 Å². The molecule has 2 heterocycles. The summed E-state index contributed by atoms with van der Waals surface area (Å²) in [6.45, 7) is 7.57. The first-order valence-electron chi connectivity index (χ1n) is 11.1. The summed E-state index contributed by atoms with van der Waals surface area (Å²) < 4.78 is 33.5. The molecule has 0 bridgehead atoms. The molecule has 0 spiro atoms. The summed E-state index contributed by atoms with van der Waals surface area (Å²) in [5, 5.41) is 14.9. The smallest absolute Gasteiger partial charge is 0.338 e. The van der Waals surface area contributed by atoms with Gasteiger partial charge in [-0.25, -0.2) is 9.18 Å². The summed E-state index contributed by atoms with van der Waals surface area (Å²) in [5.74, 6) is 0.396. The third-order valence-corrected chi connectivity index (χ3v) is 5.84. The van der Waals surface area contributed by atoms with Crippen LogP contribution in [0.4, 0.5) is 10.3 Å². The highest BCUT2D eigenvalue weighted by Gasteiger charge is 2.36. The van der Waals surface area contributed by atoms with E-state index in [0.29, 0.717) is 50.9 Å². The number of ether oxygens (including phenoxy) is 3. The molecule has 0 saturated heterocycles. The molecule has 1 aliphatic heterocycles. The van der Waals surface area contributed by atoms with Crippen LogP contribution in [-0.4, -0.2) is 38.9 Å². The van der Waals surface area contributed by atoms with Gasteiger partial charge in [0, 0.05) is 11.3 Å². The molecule has 11 heteroatoms. The summed E-state index contributed by atoms with van der Waals surface area (Å²) in [7, 11) is 0. The zero-order chi connectivity index (χ0) is 25.1. The van der Waals surface area contributed by atoms with Crippen LogP contribution in [0.2, 0.25) is 0 Å². The van der Waals surface area contributed by atoms with E-state index < -0.39 is 12.0 Å². The van der Waals surface area contributed by atoms with Crippen LogP contribution in [0.1, 0.15) is 44.9 Å². The average molecular weight is 546 g/mol. The van der Waals surface area contributed by atoms with Crippen molar-refractivity contribution in [1.82, 2.24) is 20.2 Å². The number of carbonyl (C=O) groups excluding carboxylic acids is 1. The van der Waals surface area contributed by atoms with E-state index in [9.17, 15) is 9.18 Å². The molecule has 1 aliphatic rings. The average Bonchev–Trinajstić information content (AvgIpc) is 3.26. The van der Waals surface area contributed by atoms with E-state index in [4.69, 9.17) is 14.2 Å². The molecule has 9 nitrogen and oxygen atoms in total. The van der Waals surface area contributed by atoms with E-state index >= 15 is 0 Å². The molecule has 1 aromatic heterocycles. The van der Waals surface area contributed by atoms with Gasteiger partial charge in [-0.15, -0.1) is 0 Å². The van der Waals surface area contributed by atoms with Gasteiger partial charge in [-0.1, -0.05) is 23.3 Å². The molecule has 0 saturated carbocycles. The van der Waals surface area contributed by atoms with Crippen molar-refractivity contribution in [2.24, 2.45) is 0 Å². The Balaban J connectivity index is 1.76. The van der Waals surface area contributed by atoms with Gasteiger partial charge >= 0.3 is 5.97 Å². The van der Waals surface area contributed by atoms with E-state index in [-0.39, 0.29) is 18.5 Å². The minimum absolute atomic E-state index is 0.0140. The number of hydrogen-bond donors (Lipinski definition) is 1. The van der Waals surface area contributed by atoms with Crippen LogP contribution in [0, 0.1) is 5.82 Å². The number of halogens is 2. The fourth-order valence-electron chi connectivity index (χ4n) is 3.78. The summed E-state index contributed by atoms with van der Waals surface area (Å²) in [6.07, 6.45) is -0.307. The number of anilines is 1. The maximum atomic E-state index is 14.1. The van der Waals surface area contributed by atoms with Gasteiger partial charge in [-0.2, -0.15) is 4.68 Å². The van der Waals surface area contributed by atoms with Gasteiger partial charge in [0.2, 0.25) is 5.95 Å². The van der Waals surface area contributed by atoms with Gasteiger partial charge in [0.05, 0.1) is 22.8 Å². The topological polar surface area (TPSA) is 100 Å². The fourth-order valence-corrected chi connectivity index (χ4v) is 4.35. The highest BCUT2D eigenvalue weighted by Crippen LogP contribution is 2.43. The lowest BCUT2D eigenvalue weighted by Crippen LogP contribution is -2.30. The first-order chi connectivity index (χ1) is 16.8. The van der Waals surface area contributed by atoms with Crippen molar-refractivity contribution in [1.29, 1.82) is 0 Å². The van der Waals surface area contributed by atoms with Crippen molar-refractivity contribution >= 4 is 27.8 Å². The second kappa shape index (κ2) is 10.4. The van der Waals surface area contributed by atoms with Crippen molar-refractivity contribution < 1.29 is 23.4 Å². The van der Waals surface area contributed by atoms with Crippen LogP contribution in [0.25, 0.3) is 0 Å². The number of benzene rings is 2. The normalized spacial score (nSPS) is 15.0. The van der Waals surface area contributed by atoms with Crippen LogP contribution >= 0.6 is 15.9 Å². The summed E-state index contributed by atoms with van der Waals surface area (Å²) >= 11 is 3.56. The van der Waals surface area contributed by atoms with Crippen molar-refractivity contribution in [2.45, 2.75) is 46.4 Å². The van der Waals surface area contributed by atoms with Crippen LogP contribution in [-0.2, 0) is 16.1 Å². The van der Waals surface area contributed by atoms with Gasteiger partial charge in [0.15, 0.2) is 11.5 Å². The van der Waals surface area contributed by atoms with Crippen LogP contribution in [0.5, 0.6) is 11.5 Å². The van der Waals surface area contributed by atoms with E-state index in [2.05, 4.69) is 36.8 Å². The Bertz CT molecular complexity index is 1280. The Morgan fingerprint density at radius 2 is 2.03 bits per heavy atom. The molecule has 0 radical (unpaired) electrons. The Labute approximate surface area is 210 Å². The van der Waals surface area contributed by atoms with Gasteiger partial charge in [-0.05, 0) is 77.8 Å². The van der Waals surface area contributed by atoms with Crippen molar-refractivity contribution in [3.05, 3.63) is 69.1 Å². The van der Waals surface area contributed by atoms with Gasteiger partial charge in [-0.3, -0.25) is 0 Å². The highest BCUT2D eigenvalue weighted by molar-refractivity contribution is 9.10. The molecule has 1 N–H and O–H groups in total. The number of aromatic nitrogens is 4. The second-order valence-electron chi connectivity index (χ2n) is 8.11. The molecule has 1 atom stereocenters. The van der Waals surface area contributed by atoms with Gasteiger partial charge in [0.1, 0.15) is 18.5 Å². The zero-order valence-electron chi connectivity index (χ0n) is 19.7. The first kappa shape index (κ1) is 24.6. The largest absolute Gasteiger partial charge is 0.490 e. The minimum atomic E-state index is -0.677. The lowest BCUT2D eigenvalue weighted by atomic mass is 9.95. The van der Waals surface area contributed by atoms with E-state index in [0.717, 1.165) is 0 Å². The zero-order valence-corrected chi connectivity index (χ0v) is 21.3. The molecule has 2 aromatic carbocycles. The van der Waals surface area contributed by atoms with Crippen molar-refractivity contribution in [2.75, 3.05) is 11.9 Å². The number of carbonyl (C=O) groups is 1. The summed E-state index contributed by atoms with van der Waals surface area (Å²) in [4.78, 5) is 13.1. The number of rotatable bonds is 8. The molecule has 0 aliphatic carbocycles. The minimum Gasteiger partial charge on any atom is -0.490 e. The molecule has 0 fully saturated rings. The molecule has 35 heavy (non-hydrogen) atoms. The lowest BCUT2D eigenvalue weighted by molar-refractivity contribution is -0.143. The number of esters is 1. The molecule has 4 rings (SSSR count). The predicted octanol–water partition coefficient (Wildman–Crippen LogP) is 4.79. The predicted molar refractivity (Wildman–Crippen MR) is 130 cm³/mol. The summed E-state index contributed by atoms with van der Waals surface area (Å²) in [5.41, 5.74) is 2.04. The Morgan fingerprint density at radius 1 is 1.26 bits per heavy atom. The molecule has 0 amide bonds. The quantitative estimate of drug-likeness (QED) is 0.403.